The van der Waals surface area contributed by atoms with Crippen LogP contribution in [0.5, 0.6) is 0 Å². The van der Waals surface area contributed by atoms with E-state index in [1.54, 1.807) is 23.3 Å². The Balaban J connectivity index is 2.20. The van der Waals surface area contributed by atoms with Crippen LogP contribution in [0.4, 0.5) is 10.1 Å². The molecule has 0 spiro atoms. The van der Waals surface area contributed by atoms with Gasteiger partial charge in [0.1, 0.15) is 5.82 Å². The van der Waals surface area contributed by atoms with Crippen molar-refractivity contribution in [2.75, 3.05) is 11.9 Å². The quantitative estimate of drug-likeness (QED) is 0.922. The zero-order valence-corrected chi connectivity index (χ0v) is 10.6. The molecule has 0 fully saturated rings. The van der Waals surface area contributed by atoms with Gasteiger partial charge in [0, 0.05) is 11.9 Å². The Morgan fingerprint density at radius 1 is 1.44 bits per heavy atom. The van der Waals surface area contributed by atoms with Crippen LogP contribution in [0.3, 0.4) is 0 Å². The molecule has 1 aromatic heterocycles. The van der Waals surface area contributed by atoms with E-state index in [1.807, 2.05) is 17.5 Å². The zero-order chi connectivity index (χ0) is 13.1. The number of aromatic carboxylic acids is 1. The molecule has 1 N–H and O–H groups in total. The molecule has 1 heterocycles. The van der Waals surface area contributed by atoms with Crippen molar-refractivity contribution in [3.05, 3.63) is 52.0 Å². The molecule has 3 nitrogen and oxygen atoms in total. The highest BCUT2D eigenvalue weighted by molar-refractivity contribution is 7.09. The summed E-state index contributed by atoms with van der Waals surface area (Å²) >= 11 is 1.60. The maximum absolute atomic E-state index is 13.8. The number of rotatable bonds is 4. The van der Waals surface area contributed by atoms with Crippen LogP contribution in [-0.4, -0.2) is 18.1 Å². The monoisotopic (exact) mass is 265 g/mol. The molecule has 1 aromatic carbocycles. The van der Waals surface area contributed by atoms with Crippen LogP contribution in [-0.2, 0) is 6.54 Å². The van der Waals surface area contributed by atoms with Gasteiger partial charge in [0.05, 0.1) is 17.8 Å². The van der Waals surface area contributed by atoms with Gasteiger partial charge in [0.15, 0.2) is 0 Å². The fourth-order valence-electron chi connectivity index (χ4n) is 1.67. The molecule has 5 heteroatoms. The molecule has 0 radical (unpaired) electrons. The molecular formula is C13H12FNO2S. The molecule has 0 amide bonds. The summed E-state index contributed by atoms with van der Waals surface area (Å²) in [5.74, 6) is -1.64. The highest BCUT2D eigenvalue weighted by atomic mass is 32.1. The van der Waals surface area contributed by atoms with E-state index < -0.39 is 11.8 Å². The van der Waals surface area contributed by atoms with E-state index >= 15 is 0 Å². The summed E-state index contributed by atoms with van der Waals surface area (Å²) in [4.78, 5) is 13.6. The Morgan fingerprint density at radius 2 is 2.22 bits per heavy atom. The standard InChI is InChI=1S/C13H12FNO2S/c1-15(8-10-3-2-6-18-10)12-5-4-9(13(16)17)7-11(12)14/h2-7H,8H2,1H3,(H,16,17). The maximum atomic E-state index is 13.8. The first-order chi connectivity index (χ1) is 8.58. The number of benzene rings is 1. The molecule has 2 aromatic rings. The summed E-state index contributed by atoms with van der Waals surface area (Å²) in [5, 5.41) is 10.7. The zero-order valence-electron chi connectivity index (χ0n) is 9.76. The number of carboxylic acids is 1. The third-order valence-corrected chi connectivity index (χ3v) is 3.44. The second-order valence-corrected chi connectivity index (χ2v) is 4.94. The van der Waals surface area contributed by atoms with Crippen molar-refractivity contribution in [1.82, 2.24) is 0 Å². The first-order valence-electron chi connectivity index (χ1n) is 5.34. The lowest BCUT2D eigenvalue weighted by Gasteiger charge is -2.19. The van der Waals surface area contributed by atoms with E-state index in [-0.39, 0.29) is 5.56 Å². The third kappa shape index (κ3) is 2.68. The normalized spacial score (nSPS) is 10.3. The molecule has 0 atom stereocenters. The Labute approximate surface area is 108 Å². The molecular weight excluding hydrogens is 253 g/mol. The van der Waals surface area contributed by atoms with E-state index in [1.165, 1.54) is 12.1 Å². The average molecular weight is 265 g/mol. The topological polar surface area (TPSA) is 40.5 Å². The summed E-state index contributed by atoms with van der Waals surface area (Å²) in [6, 6.07) is 7.86. The minimum atomic E-state index is -1.12. The number of carbonyl (C=O) groups is 1. The van der Waals surface area contributed by atoms with Gasteiger partial charge in [-0.1, -0.05) is 6.07 Å². The van der Waals surface area contributed by atoms with Crippen LogP contribution in [0.1, 0.15) is 15.2 Å². The Kier molecular flexibility index (Phi) is 3.62. The largest absolute Gasteiger partial charge is 0.478 e. The molecule has 0 aliphatic heterocycles. The predicted octanol–water partition coefficient (Wildman–Crippen LogP) is 3.22. The van der Waals surface area contributed by atoms with E-state index in [9.17, 15) is 9.18 Å². The van der Waals surface area contributed by atoms with E-state index in [4.69, 9.17) is 5.11 Å². The molecule has 0 aliphatic carbocycles. The van der Waals surface area contributed by atoms with E-state index in [0.29, 0.717) is 12.2 Å². The van der Waals surface area contributed by atoms with Gasteiger partial charge in [-0.2, -0.15) is 0 Å². The highest BCUT2D eigenvalue weighted by Gasteiger charge is 2.12. The molecule has 0 bridgehead atoms. The van der Waals surface area contributed by atoms with Crippen molar-refractivity contribution in [2.24, 2.45) is 0 Å². The first kappa shape index (κ1) is 12.6. The van der Waals surface area contributed by atoms with Crippen LogP contribution in [0.2, 0.25) is 0 Å². The molecule has 0 saturated heterocycles. The van der Waals surface area contributed by atoms with Crippen molar-refractivity contribution in [3.8, 4) is 0 Å². The van der Waals surface area contributed by atoms with Gasteiger partial charge < -0.3 is 10.0 Å². The first-order valence-corrected chi connectivity index (χ1v) is 6.22. The van der Waals surface area contributed by atoms with E-state index in [0.717, 1.165) is 10.9 Å². The number of halogens is 1. The Hall–Kier alpha value is -1.88. The summed E-state index contributed by atoms with van der Waals surface area (Å²) in [5.41, 5.74) is 0.356. The molecule has 0 saturated carbocycles. The highest BCUT2D eigenvalue weighted by Crippen LogP contribution is 2.22. The SMILES string of the molecule is CN(Cc1cccs1)c1ccc(C(=O)O)cc1F. The van der Waals surface area contributed by atoms with Crippen LogP contribution in [0, 0.1) is 5.82 Å². The summed E-state index contributed by atoms with van der Waals surface area (Å²) in [7, 11) is 1.78. The number of carboxylic acid groups (broad SMARTS) is 1. The number of anilines is 1. The predicted molar refractivity (Wildman–Crippen MR) is 69.8 cm³/mol. The van der Waals surface area contributed by atoms with Crippen molar-refractivity contribution in [1.29, 1.82) is 0 Å². The molecule has 0 aliphatic rings. The summed E-state index contributed by atoms with van der Waals surface area (Å²) in [6.07, 6.45) is 0. The average Bonchev–Trinajstić information content (AvgIpc) is 2.81. The van der Waals surface area contributed by atoms with Crippen molar-refractivity contribution in [3.63, 3.8) is 0 Å². The number of nitrogens with zero attached hydrogens (tertiary/aromatic N) is 1. The maximum Gasteiger partial charge on any atom is 0.335 e. The third-order valence-electron chi connectivity index (χ3n) is 2.58. The molecule has 18 heavy (non-hydrogen) atoms. The fraction of sp³-hybridized carbons (Fsp3) is 0.154. The summed E-state index contributed by atoms with van der Waals surface area (Å²) < 4.78 is 13.8. The van der Waals surface area contributed by atoms with Gasteiger partial charge in [-0.15, -0.1) is 11.3 Å². The lowest BCUT2D eigenvalue weighted by molar-refractivity contribution is 0.0696. The number of thiophene rings is 1. The lowest BCUT2D eigenvalue weighted by Crippen LogP contribution is -2.17. The van der Waals surface area contributed by atoms with Crippen molar-refractivity contribution in [2.45, 2.75) is 6.54 Å². The van der Waals surface area contributed by atoms with Crippen molar-refractivity contribution < 1.29 is 14.3 Å². The van der Waals surface area contributed by atoms with Gasteiger partial charge in [-0.3, -0.25) is 0 Å². The minimum absolute atomic E-state index is 0.0410. The van der Waals surface area contributed by atoms with Gasteiger partial charge >= 0.3 is 5.97 Å². The second kappa shape index (κ2) is 5.18. The lowest BCUT2D eigenvalue weighted by atomic mass is 10.2. The van der Waals surface area contributed by atoms with Gasteiger partial charge in [0.2, 0.25) is 0 Å². The molecule has 94 valence electrons. The Bertz CT molecular complexity index is 554. The van der Waals surface area contributed by atoms with Gasteiger partial charge in [-0.25, -0.2) is 9.18 Å². The second-order valence-electron chi connectivity index (χ2n) is 3.91. The van der Waals surface area contributed by atoms with Gasteiger partial charge in [0.25, 0.3) is 0 Å². The number of hydrogen-bond donors (Lipinski definition) is 1. The number of hydrogen-bond acceptors (Lipinski definition) is 3. The van der Waals surface area contributed by atoms with Crippen LogP contribution < -0.4 is 4.90 Å². The molecule has 0 unspecified atom stereocenters. The molecule has 2 rings (SSSR count). The van der Waals surface area contributed by atoms with Crippen LogP contribution in [0.25, 0.3) is 0 Å². The van der Waals surface area contributed by atoms with Crippen molar-refractivity contribution >= 4 is 23.0 Å². The fourth-order valence-corrected chi connectivity index (χ4v) is 2.43. The Morgan fingerprint density at radius 3 is 2.78 bits per heavy atom. The van der Waals surface area contributed by atoms with Crippen LogP contribution >= 0.6 is 11.3 Å². The smallest absolute Gasteiger partial charge is 0.335 e. The summed E-state index contributed by atoms with van der Waals surface area (Å²) in [6.45, 7) is 0.598. The van der Waals surface area contributed by atoms with Gasteiger partial charge in [-0.05, 0) is 29.6 Å². The minimum Gasteiger partial charge on any atom is -0.478 e. The van der Waals surface area contributed by atoms with Crippen LogP contribution in [0.15, 0.2) is 35.7 Å². The van der Waals surface area contributed by atoms with E-state index in [2.05, 4.69) is 0 Å².